The molecule has 3 aromatic rings. The van der Waals surface area contributed by atoms with E-state index >= 15 is 0 Å². The molecule has 1 fully saturated rings. The van der Waals surface area contributed by atoms with Gasteiger partial charge in [0.2, 0.25) is 0 Å². The van der Waals surface area contributed by atoms with Gasteiger partial charge in [-0.3, -0.25) is 4.79 Å². The van der Waals surface area contributed by atoms with Crippen molar-refractivity contribution in [2.75, 3.05) is 17.2 Å². The largest absolute Gasteiger partial charge is 0.384 e. The van der Waals surface area contributed by atoms with E-state index in [4.69, 9.17) is 10.7 Å². The Morgan fingerprint density at radius 3 is 2.58 bits per heavy atom. The predicted molar refractivity (Wildman–Crippen MR) is 120 cm³/mol. The molecule has 4 rings (SSSR count). The van der Waals surface area contributed by atoms with Crippen LogP contribution in [0.15, 0.2) is 53.6 Å². The summed E-state index contributed by atoms with van der Waals surface area (Å²) in [5.41, 5.74) is 6.31. The highest BCUT2D eigenvalue weighted by Gasteiger charge is 2.41. The van der Waals surface area contributed by atoms with E-state index < -0.39 is 15.9 Å². The van der Waals surface area contributed by atoms with Crippen molar-refractivity contribution in [2.45, 2.75) is 37.8 Å². The minimum atomic E-state index is -4.20. The molecule has 0 aliphatic carbocycles. The number of nitrogens with two attached hydrogens (primary N) is 1. The molecule has 162 valence electrons. The second-order valence-electron chi connectivity index (χ2n) is 8.38. The zero-order valence-electron chi connectivity index (χ0n) is 17.7. The van der Waals surface area contributed by atoms with Crippen LogP contribution in [-0.4, -0.2) is 36.4 Å². The molecule has 1 saturated heterocycles. The van der Waals surface area contributed by atoms with Crippen molar-refractivity contribution in [2.24, 2.45) is 5.92 Å². The van der Waals surface area contributed by atoms with E-state index in [2.05, 4.69) is 35.4 Å². The number of hydrogen-bond donors (Lipinski definition) is 2. The summed E-state index contributed by atoms with van der Waals surface area (Å²) in [7, 11) is -4.20. The van der Waals surface area contributed by atoms with Crippen LogP contribution in [0.5, 0.6) is 0 Å². The number of carbonyl (C=O) groups is 1. The lowest BCUT2D eigenvalue weighted by atomic mass is 9.90. The van der Waals surface area contributed by atoms with Gasteiger partial charge in [0.15, 0.2) is 5.03 Å². The first-order chi connectivity index (χ1) is 14.6. The van der Waals surface area contributed by atoms with Gasteiger partial charge in [-0.1, -0.05) is 31.2 Å². The average Bonchev–Trinajstić information content (AvgIpc) is 2.99. The van der Waals surface area contributed by atoms with Crippen LogP contribution in [0.25, 0.3) is 10.9 Å². The van der Waals surface area contributed by atoms with Crippen molar-refractivity contribution in [3.05, 3.63) is 54.1 Å². The van der Waals surface area contributed by atoms with E-state index in [9.17, 15) is 13.2 Å². The molecule has 3 N–H and O–H groups in total. The Morgan fingerprint density at radius 2 is 1.90 bits per heavy atom. The summed E-state index contributed by atoms with van der Waals surface area (Å²) < 4.78 is 27.7. The monoisotopic (exact) mass is 439 g/mol. The molecule has 1 atom stereocenters. The molecule has 9 heteroatoms. The lowest BCUT2D eigenvalue weighted by molar-refractivity contribution is 0.0981. The van der Waals surface area contributed by atoms with Crippen LogP contribution < -0.4 is 15.4 Å². The summed E-state index contributed by atoms with van der Waals surface area (Å²) in [6.45, 7) is 7.10. The van der Waals surface area contributed by atoms with Gasteiger partial charge in [0.25, 0.3) is 15.9 Å². The maximum Gasteiger partial charge on any atom is 0.281 e. The summed E-state index contributed by atoms with van der Waals surface area (Å²) >= 11 is 0. The molecule has 31 heavy (non-hydrogen) atoms. The zero-order chi connectivity index (χ0) is 22.4. The molecule has 0 bridgehead atoms. The van der Waals surface area contributed by atoms with E-state index in [0.29, 0.717) is 11.7 Å². The van der Waals surface area contributed by atoms with E-state index in [1.807, 2.05) is 24.3 Å². The lowest BCUT2D eigenvalue weighted by Gasteiger charge is -2.36. The Bertz CT molecular complexity index is 1270. The molecule has 2 aromatic heterocycles. The number of amides is 1. The van der Waals surface area contributed by atoms with Crippen molar-refractivity contribution in [1.82, 2.24) is 14.7 Å². The molecule has 1 aliphatic rings. The van der Waals surface area contributed by atoms with E-state index in [0.717, 1.165) is 23.9 Å². The van der Waals surface area contributed by atoms with Gasteiger partial charge < -0.3 is 10.6 Å². The number of benzene rings is 1. The van der Waals surface area contributed by atoms with Gasteiger partial charge in [-0.25, -0.2) is 14.7 Å². The lowest BCUT2D eigenvalue weighted by Crippen LogP contribution is -2.43. The van der Waals surface area contributed by atoms with Crippen LogP contribution in [-0.2, 0) is 10.0 Å². The highest BCUT2D eigenvalue weighted by molar-refractivity contribution is 7.90. The Balaban J connectivity index is 1.80. The number of para-hydroxylation sites is 1. The molecule has 1 aromatic carbocycles. The first kappa shape index (κ1) is 21.0. The highest BCUT2D eigenvalue weighted by atomic mass is 32.2. The second-order valence-corrected chi connectivity index (χ2v) is 10.0. The highest BCUT2D eigenvalue weighted by Crippen LogP contribution is 2.39. The maximum absolute atomic E-state index is 13.2. The molecule has 1 unspecified atom stereocenters. The van der Waals surface area contributed by atoms with Crippen LogP contribution in [0.2, 0.25) is 0 Å². The molecule has 0 radical (unpaired) electrons. The number of nitrogens with one attached hydrogen (secondary N) is 1. The van der Waals surface area contributed by atoms with Crippen LogP contribution in [0.4, 0.5) is 11.6 Å². The molecule has 1 amide bonds. The third-order valence-electron chi connectivity index (χ3n) is 6.14. The summed E-state index contributed by atoms with van der Waals surface area (Å²) in [6.07, 6.45) is 0.952. The number of rotatable bonds is 4. The summed E-state index contributed by atoms with van der Waals surface area (Å²) in [5.74, 6) is 0.155. The Kier molecular flexibility index (Phi) is 5.09. The van der Waals surface area contributed by atoms with Gasteiger partial charge in [0.05, 0.1) is 11.1 Å². The smallest absolute Gasteiger partial charge is 0.281 e. The predicted octanol–water partition coefficient (Wildman–Crippen LogP) is 2.96. The number of carbonyl (C=O) groups excluding carboxylic acids is 1. The SMILES string of the molecule is CC1CCN(c2nc3ccccc3cc2C(=O)NS(=O)(=O)c2cccc(N)n2)C1(C)C. The van der Waals surface area contributed by atoms with Crippen molar-refractivity contribution < 1.29 is 13.2 Å². The van der Waals surface area contributed by atoms with E-state index in [-0.39, 0.29) is 21.9 Å². The molecule has 8 nitrogen and oxygen atoms in total. The molecule has 1 aliphatic heterocycles. The van der Waals surface area contributed by atoms with E-state index in [1.165, 1.54) is 18.2 Å². The van der Waals surface area contributed by atoms with Gasteiger partial charge in [0.1, 0.15) is 11.6 Å². The molecular formula is C22H25N5O3S. The average molecular weight is 440 g/mol. The van der Waals surface area contributed by atoms with Crippen LogP contribution in [0.3, 0.4) is 0 Å². The number of sulfonamides is 1. The zero-order valence-corrected chi connectivity index (χ0v) is 18.5. The van der Waals surface area contributed by atoms with Crippen LogP contribution in [0, 0.1) is 5.92 Å². The minimum Gasteiger partial charge on any atom is -0.384 e. The van der Waals surface area contributed by atoms with E-state index in [1.54, 1.807) is 6.07 Å². The summed E-state index contributed by atoms with van der Waals surface area (Å²) in [4.78, 5) is 23.9. The van der Waals surface area contributed by atoms with Gasteiger partial charge in [-0.05, 0) is 50.5 Å². The topological polar surface area (TPSA) is 118 Å². The van der Waals surface area contributed by atoms with Crippen molar-refractivity contribution in [1.29, 1.82) is 0 Å². The first-order valence-corrected chi connectivity index (χ1v) is 11.5. The van der Waals surface area contributed by atoms with Crippen molar-refractivity contribution in [3.63, 3.8) is 0 Å². The van der Waals surface area contributed by atoms with Crippen LogP contribution in [0.1, 0.15) is 37.6 Å². The van der Waals surface area contributed by atoms with Gasteiger partial charge in [-0.2, -0.15) is 8.42 Å². The fourth-order valence-electron chi connectivity index (χ4n) is 3.90. The number of fused-ring (bicyclic) bond motifs is 1. The number of nitrogen functional groups attached to an aromatic ring is 1. The number of aromatic nitrogens is 2. The van der Waals surface area contributed by atoms with Gasteiger partial charge in [-0.15, -0.1) is 0 Å². The third-order valence-corrected chi connectivity index (χ3v) is 7.37. The molecule has 3 heterocycles. The van der Waals surface area contributed by atoms with Crippen LogP contribution >= 0.6 is 0 Å². The third kappa shape index (κ3) is 3.81. The number of hydrogen-bond acceptors (Lipinski definition) is 7. The number of pyridine rings is 2. The quantitative estimate of drug-likeness (QED) is 0.641. The summed E-state index contributed by atoms with van der Waals surface area (Å²) in [5, 5.41) is 0.437. The Hall–Kier alpha value is -3.20. The van der Waals surface area contributed by atoms with Gasteiger partial charge in [0, 0.05) is 17.5 Å². The minimum absolute atomic E-state index is 0.0520. The summed E-state index contributed by atoms with van der Waals surface area (Å²) in [6, 6.07) is 13.4. The second kappa shape index (κ2) is 7.49. The first-order valence-electron chi connectivity index (χ1n) is 10.1. The normalized spacial score (nSPS) is 18.3. The standard InChI is InChI=1S/C22H25N5O3S/c1-14-11-12-27(22(14,2)3)20-16(13-15-7-4-5-8-17(15)24-20)21(28)26-31(29,30)19-10-6-9-18(23)25-19/h4-10,13-14H,11-12H2,1-3H3,(H2,23,25)(H,26,28). The van der Waals surface area contributed by atoms with Crippen molar-refractivity contribution >= 4 is 38.5 Å². The fraction of sp³-hybridized carbons (Fsp3) is 0.318. The maximum atomic E-state index is 13.2. The molecule has 0 spiro atoms. The Morgan fingerprint density at radius 1 is 1.16 bits per heavy atom. The fourth-order valence-corrected chi connectivity index (χ4v) is 4.84. The Labute approximate surface area is 181 Å². The number of nitrogens with zero attached hydrogens (tertiary/aromatic N) is 3. The molecular weight excluding hydrogens is 414 g/mol. The van der Waals surface area contributed by atoms with Crippen molar-refractivity contribution in [3.8, 4) is 0 Å². The number of anilines is 2. The van der Waals surface area contributed by atoms with Gasteiger partial charge >= 0.3 is 0 Å². The molecule has 0 saturated carbocycles.